The summed E-state index contributed by atoms with van der Waals surface area (Å²) in [6, 6.07) is 1.12. The summed E-state index contributed by atoms with van der Waals surface area (Å²) >= 11 is 0. The third-order valence-corrected chi connectivity index (χ3v) is 7.93. The fourth-order valence-corrected chi connectivity index (χ4v) is 6.78. The molecule has 0 aromatic carbocycles. The molecule has 4 aliphatic carbocycles. The van der Waals surface area contributed by atoms with Crippen LogP contribution >= 0.6 is 0 Å². The van der Waals surface area contributed by atoms with Gasteiger partial charge in [-0.25, -0.2) is 9.67 Å². The first-order valence-electron chi connectivity index (χ1n) is 11.4. The molecular formula is C23H24F6N4O. The van der Waals surface area contributed by atoms with E-state index in [0.29, 0.717) is 34.7 Å². The van der Waals surface area contributed by atoms with Crippen LogP contribution < -0.4 is 5.32 Å². The average molecular weight is 486 g/mol. The predicted octanol–water partition coefficient (Wildman–Crippen LogP) is 5.64. The second-order valence-corrected chi connectivity index (χ2v) is 10.2. The third kappa shape index (κ3) is 3.96. The van der Waals surface area contributed by atoms with Crippen molar-refractivity contribution in [1.82, 2.24) is 20.1 Å². The highest BCUT2D eigenvalue weighted by molar-refractivity contribution is 5.95. The van der Waals surface area contributed by atoms with Crippen molar-refractivity contribution in [2.45, 2.75) is 63.8 Å². The molecule has 0 spiro atoms. The number of hydrogen-bond donors (Lipinski definition) is 1. The van der Waals surface area contributed by atoms with E-state index < -0.39 is 40.9 Å². The maximum Gasteiger partial charge on any atom is 0.434 e. The summed E-state index contributed by atoms with van der Waals surface area (Å²) in [6.07, 6.45) is -1.90. The van der Waals surface area contributed by atoms with Crippen molar-refractivity contribution >= 4 is 5.91 Å². The molecular weight excluding hydrogens is 462 g/mol. The molecule has 4 fully saturated rings. The van der Waals surface area contributed by atoms with Gasteiger partial charge in [-0.15, -0.1) is 0 Å². The van der Waals surface area contributed by atoms with Crippen molar-refractivity contribution < 1.29 is 31.1 Å². The van der Waals surface area contributed by atoms with Crippen LogP contribution in [0.4, 0.5) is 26.3 Å². The monoisotopic (exact) mass is 486 g/mol. The topological polar surface area (TPSA) is 59.8 Å². The SMILES string of the molecule is C[C@H](NC(=O)c1cnn(-c2ccc(C(F)(F)F)cn2)c1C(F)(F)F)C12CC3CC(CC(C3)C1)C2. The van der Waals surface area contributed by atoms with Crippen molar-refractivity contribution in [3.63, 3.8) is 0 Å². The van der Waals surface area contributed by atoms with Crippen LogP contribution in [0.2, 0.25) is 0 Å². The smallest absolute Gasteiger partial charge is 0.349 e. The van der Waals surface area contributed by atoms with Gasteiger partial charge in [-0.2, -0.15) is 31.4 Å². The Morgan fingerprint density at radius 1 is 1.00 bits per heavy atom. The Hall–Kier alpha value is -2.59. The van der Waals surface area contributed by atoms with E-state index in [-0.39, 0.29) is 11.5 Å². The lowest BCUT2D eigenvalue weighted by molar-refractivity contribution is -0.143. The lowest BCUT2D eigenvalue weighted by atomic mass is 9.48. The van der Waals surface area contributed by atoms with Crippen molar-refractivity contribution in [1.29, 1.82) is 0 Å². The Morgan fingerprint density at radius 3 is 2.06 bits per heavy atom. The summed E-state index contributed by atoms with van der Waals surface area (Å²) in [7, 11) is 0. The first kappa shape index (κ1) is 23.2. The van der Waals surface area contributed by atoms with E-state index in [1.807, 2.05) is 6.92 Å². The van der Waals surface area contributed by atoms with Crippen molar-refractivity contribution in [3.05, 3.63) is 41.3 Å². The Bertz CT molecular complexity index is 1050. The zero-order chi connectivity index (χ0) is 24.5. The number of nitrogens with one attached hydrogen (secondary N) is 1. The molecule has 6 rings (SSSR count). The van der Waals surface area contributed by atoms with E-state index >= 15 is 0 Å². The zero-order valence-electron chi connectivity index (χ0n) is 18.4. The molecule has 2 heterocycles. The molecule has 1 N–H and O–H groups in total. The van der Waals surface area contributed by atoms with Gasteiger partial charge in [0.15, 0.2) is 11.5 Å². The van der Waals surface area contributed by atoms with Crippen molar-refractivity contribution in [2.75, 3.05) is 0 Å². The van der Waals surface area contributed by atoms with Crippen LogP contribution in [0.1, 0.15) is 67.1 Å². The van der Waals surface area contributed by atoms with E-state index in [1.54, 1.807) is 0 Å². The van der Waals surface area contributed by atoms with Gasteiger partial charge in [-0.05, 0) is 80.8 Å². The fraction of sp³-hybridized carbons (Fsp3) is 0.609. The molecule has 4 bridgehead atoms. The molecule has 4 saturated carbocycles. The van der Waals surface area contributed by atoms with Crippen molar-refractivity contribution in [2.24, 2.45) is 23.2 Å². The van der Waals surface area contributed by atoms with Crippen LogP contribution in [0.3, 0.4) is 0 Å². The number of pyridine rings is 1. The summed E-state index contributed by atoms with van der Waals surface area (Å²) < 4.78 is 80.6. The second-order valence-electron chi connectivity index (χ2n) is 10.2. The molecule has 0 aliphatic heterocycles. The minimum Gasteiger partial charge on any atom is -0.349 e. The quantitative estimate of drug-likeness (QED) is 0.569. The van der Waals surface area contributed by atoms with E-state index in [2.05, 4.69) is 15.4 Å². The molecule has 5 nitrogen and oxygen atoms in total. The number of rotatable bonds is 4. The fourth-order valence-electron chi connectivity index (χ4n) is 6.78. The van der Waals surface area contributed by atoms with Crippen LogP contribution in [-0.2, 0) is 12.4 Å². The molecule has 2 aromatic heterocycles. The molecule has 0 saturated heterocycles. The van der Waals surface area contributed by atoms with Crippen LogP contribution in [0.15, 0.2) is 24.5 Å². The van der Waals surface area contributed by atoms with Crippen LogP contribution in [0.5, 0.6) is 0 Å². The van der Waals surface area contributed by atoms with Gasteiger partial charge in [0.1, 0.15) is 0 Å². The number of carbonyl (C=O) groups excluding carboxylic acids is 1. The summed E-state index contributed by atoms with van der Waals surface area (Å²) in [5, 5.41) is 6.46. The minimum absolute atomic E-state index is 0.103. The van der Waals surface area contributed by atoms with Crippen LogP contribution in [0.25, 0.3) is 5.82 Å². The summed E-state index contributed by atoms with van der Waals surface area (Å²) in [5.74, 6) is 0.488. The minimum atomic E-state index is -4.97. The van der Waals surface area contributed by atoms with Gasteiger partial charge in [-0.1, -0.05) is 0 Å². The second kappa shape index (κ2) is 7.71. The number of hydrogen-bond acceptors (Lipinski definition) is 3. The average Bonchev–Trinajstić information content (AvgIpc) is 3.18. The number of amides is 1. The highest BCUT2D eigenvalue weighted by Gasteiger charge is 2.53. The van der Waals surface area contributed by atoms with Crippen LogP contribution in [-0.4, -0.2) is 26.7 Å². The summed E-state index contributed by atoms with van der Waals surface area (Å²) in [5.41, 5.74) is -3.24. The highest BCUT2D eigenvalue weighted by Crippen LogP contribution is 2.61. The number of nitrogens with zero attached hydrogens (tertiary/aromatic N) is 3. The lowest BCUT2D eigenvalue weighted by Gasteiger charge is -2.59. The maximum atomic E-state index is 14.0. The molecule has 1 atom stereocenters. The lowest BCUT2D eigenvalue weighted by Crippen LogP contribution is -2.55. The van der Waals surface area contributed by atoms with Gasteiger partial charge in [0.2, 0.25) is 0 Å². The van der Waals surface area contributed by atoms with Gasteiger partial charge in [0.05, 0.1) is 17.3 Å². The standard InChI is InChI=1S/C23H24F6N4O/c1-12(21-7-13-4-14(8-21)6-15(5-13)9-21)32-20(34)17-11-31-33(19(17)23(27,28)29)18-3-2-16(10-30-18)22(24,25)26/h2-3,10-15H,4-9H2,1H3,(H,32,34)/t12-,13?,14?,15?,21?/m0/s1. The Morgan fingerprint density at radius 2 is 1.59 bits per heavy atom. The molecule has 4 aliphatic rings. The third-order valence-electron chi connectivity index (χ3n) is 7.93. The molecule has 34 heavy (non-hydrogen) atoms. The number of aromatic nitrogens is 3. The Labute approximate surface area is 191 Å². The van der Waals surface area contributed by atoms with Gasteiger partial charge < -0.3 is 5.32 Å². The van der Waals surface area contributed by atoms with Gasteiger partial charge in [-0.3, -0.25) is 4.79 Å². The first-order chi connectivity index (χ1) is 15.9. The summed E-state index contributed by atoms with van der Waals surface area (Å²) in [6.45, 7) is 1.86. The molecule has 0 unspecified atom stereocenters. The molecule has 2 aromatic rings. The predicted molar refractivity (Wildman–Crippen MR) is 109 cm³/mol. The number of halogens is 6. The van der Waals surface area contributed by atoms with Gasteiger partial charge >= 0.3 is 12.4 Å². The molecule has 1 amide bonds. The van der Waals surface area contributed by atoms with Gasteiger partial charge in [0.25, 0.3) is 5.91 Å². The number of carbonyl (C=O) groups is 1. The summed E-state index contributed by atoms with van der Waals surface area (Å²) in [4.78, 5) is 16.5. The normalized spacial score (nSPS) is 29.3. The Kier molecular flexibility index (Phi) is 5.25. The van der Waals surface area contributed by atoms with E-state index in [9.17, 15) is 31.1 Å². The largest absolute Gasteiger partial charge is 0.434 e. The molecule has 184 valence electrons. The van der Waals surface area contributed by atoms with Crippen LogP contribution in [0, 0.1) is 23.2 Å². The van der Waals surface area contributed by atoms with E-state index in [4.69, 9.17) is 0 Å². The maximum absolute atomic E-state index is 14.0. The van der Waals surface area contributed by atoms with Crippen molar-refractivity contribution in [3.8, 4) is 5.82 Å². The van der Waals surface area contributed by atoms with E-state index in [1.165, 1.54) is 19.3 Å². The van der Waals surface area contributed by atoms with Gasteiger partial charge in [0, 0.05) is 12.2 Å². The number of alkyl halides is 6. The highest BCUT2D eigenvalue weighted by atomic mass is 19.4. The Balaban J connectivity index is 1.42. The van der Waals surface area contributed by atoms with E-state index in [0.717, 1.165) is 31.5 Å². The molecule has 11 heteroatoms. The first-order valence-corrected chi connectivity index (χ1v) is 11.4. The zero-order valence-corrected chi connectivity index (χ0v) is 18.4. The molecule has 0 radical (unpaired) electrons.